The van der Waals surface area contributed by atoms with Gasteiger partial charge in [-0.1, -0.05) is 12.1 Å². The highest BCUT2D eigenvalue weighted by molar-refractivity contribution is 5.92. The van der Waals surface area contributed by atoms with E-state index in [1.165, 1.54) is 17.0 Å². The average molecular weight is 431 g/mol. The van der Waals surface area contributed by atoms with Crippen molar-refractivity contribution in [2.45, 2.75) is 26.5 Å². The number of hydrogen-bond acceptors (Lipinski definition) is 6. The molecule has 2 aromatic rings. The fourth-order valence-electron chi connectivity index (χ4n) is 2.99. The number of alkyl halides is 2. The molecular formula is C22H23F2N3O4. The van der Waals surface area contributed by atoms with Crippen LogP contribution in [0.3, 0.4) is 0 Å². The molecule has 3 rings (SSSR count). The average Bonchev–Trinajstić information content (AvgIpc) is 3.19. The van der Waals surface area contributed by atoms with Crippen LogP contribution in [0.2, 0.25) is 0 Å². The van der Waals surface area contributed by atoms with Crippen molar-refractivity contribution >= 4 is 23.3 Å². The van der Waals surface area contributed by atoms with Crippen LogP contribution in [0.1, 0.15) is 29.3 Å². The van der Waals surface area contributed by atoms with Gasteiger partial charge in [0.1, 0.15) is 5.75 Å². The number of rotatable bonds is 8. The zero-order valence-electron chi connectivity index (χ0n) is 17.3. The highest BCUT2D eigenvalue weighted by atomic mass is 19.3. The third kappa shape index (κ3) is 6.24. The van der Waals surface area contributed by atoms with Crippen molar-refractivity contribution in [2.24, 2.45) is 5.10 Å². The molecule has 1 aliphatic rings. The maximum absolute atomic E-state index is 12.3. The summed E-state index contributed by atoms with van der Waals surface area (Å²) in [5, 5.41) is 6.28. The van der Waals surface area contributed by atoms with Gasteiger partial charge in [0.2, 0.25) is 0 Å². The smallest absolute Gasteiger partial charge is 0.387 e. The van der Waals surface area contributed by atoms with Crippen LogP contribution in [0.5, 0.6) is 5.75 Å². The second kappa shape index (κ2) is 10.0. The van der Waals surface area contributed by atoms with Gasteiger partial charge >= 0.3 is 12.6 Å². The first-order valence-corrected chi connectivity index (χ1v) is 9.68. The fraction of sp³-hybridized carbons (Fsp3) is 0.318. The van der Waals surface area contributed by atoms with Crippen LogP contribution in [-0.2, 0) is 16.1 Å². The molecule has 2 aromatic carbocycles. The fourth-order valence-corrected chi connectivity index (χ4v) is 2.99. The van der Waals surface area contributed by atoms with Crippen molar-refractivity contribution in [2.75, 3.05) is 25.2 Å². The lowest BCUT2D eigenvalue weighted by molar-refractivity contribution is -0.133. The summed E-state index contributed by atoms with van der Waals surface area (Å²) in [4.78, 5) is 25.9. The summed E-state index contributed by atoms with van der Waals surface area (Å²) < 4.78 is 33.8. The summed E-state index contributed by atoms with van der Waals surface area (Å²) in [6, 6.07) is 12.8. The van der Waals surface area contributed by atoms with Crippen LogP contribution in [-0.4, -0.2) is 49.3 Å². The normalized spacial score (nSPS) is 13.2. The third-order valence-corrected chi connectivity index (χ3v) is 4.70. The van der Waals surface area contributed by atoms with Gasteiger partial charge in [0.25, 0.3) is 5.91 Å². The van der Waals surface area contributed by atoms with Crippen molar-refractivity contribution in [1.82, 2.24) is 4.90 Å². The van der Waals surface area contributed by atoms with Crippen molar-refractivity contribution in [1.29, 1.82) is 0 Å². The molecule has 164 valence electrons. The number of carbonyl (C=O) groups excluding carboxylic acids is 2. The molecule has 0 aromatic heterocycles. The SMILES string of the molecule is CC1=NN(c2ccc(C(=O)OCC(=O)N(C)Cc3ccc(OC(F)F)cc3)cc2)CC1. The van der Waals surface area contributed by atoms with E-state index in [0.717, 1.165) is 29.9 Å². The highest BCUT2D eigenvalue weighted by Crippen LogP contribution is 2.20. The van der Waals surface area contributed by atoms with Gasteiger partial charge < -0.3 is 14.4 Å². The molecule has 0 atom stereocenters. The Bertz CT molecular complexity index is 946. The molecule has 0 fully saturated rings. The number of nitrogens with zero attached hydrogens (tertiary/aromatic N) is 3. The van der Waals surface area contributed by atoms with Gasteiger partial charge in [-0.25, -0.2) is 4.79 Å². The minimum absolute atomic E-state index is 0.0411. The first-order chi connectivity index (χ1) is 14.8. The molecule has 0 saturated heterocycles. The second-order valence-electron chi connectivity index (χ2n) is 7.10. The van der Waals surface area contributed by atoms with Crippen LogP contribution < -0.4 is 9.75 Å². The molecule has 0 unspecified atom stereocenters. The minimum Gasteiger partial charge on any atom is -0.452 e. The molecule has 0 radical (unpaired) electrons. The molecule has 0 aliphatic carbocycles. The number of amides is 1. The number of likely N-dealkylation sites (N-methyl/N-ethyl adjacent to an activating group) is 1. The zero-order chi connectivity index (χ0) is 22.4. The van der Waals surface area contributed by atoms with E-state index in [0.29, 0.717) is 5.56 Å². The largest absolute Gasteiger partial charge is 0.452 e. The van der Waals surface area contributed by atoms with E-state index in [4.69, 9.17) is 4.74 Å². The maximum Gasteiger partial charge on any atom is 0.387 e. The summed E-state index contributed by atoms with van der Waals surface area (Å²) in [7, 11) is 1.56. The Morgan fingerprint density at radius 2 is 1.81 bits per heavy atom. The van der Waals surface area contributed by atoms with E-state index in [9.17, 15) is 18.4 Å². The van der Waals surface area contributed by atoms with E-state index in [2.05, 4.69) is 9.84 Å². The summed E-state index contributed by atoms with van der Waals surface area (Å²) in [5.41, 5.74) is 3.01. The molecule has 0 saturated carbocycles. The Balaban J connectivity index is 1.47. The molecule has 1 heterocycles. The molecule has 0 N–H and O–H groups in total. The standard InChI is InChI=1S/C22H23F2N3O4/c1-15-11-12-27(25-15)18-7-5-17(6-8-18)21(29)30-14-20(28)26(2)13-16-3-9-19(10-4-16)31-22(23)24/h3-10,22H,11-14H2,1-2H3. The van der Waals surface area contributed by atoms with Crippen LogP contribution in [0.25, 0.3) is 0 Å². The lowest BCUT2D eigenvalue weighted by atomic mass is 10.2. The van der Waals surface area contributed by atoms with Gasteiger partial charge in [-0.3, -0.25) is 9.80 Å². The lowest BCUT2D eigenvalue weighted by Crippen LogP contribution is -2.30. The molecule has 31 heavy (non-hydrogen) atoms. The first-order valence-electron chi connectivity index (χ1n) is 9.68. The molecule has 7 nitrogen and oxygen atoms in total. The number of esters is 1. The summed E-state index contributed by atoms with van der Waals surface area (Å²) in [5.74, 6) is -0.943. The summed E-state index contributed by atoms with van der Waals surface area (Å²) in [6.07, 6.45) is 0.910. The Kier molecular flexibility index (Phi) is 7.17. The predicted molar refractivity (Wildman–Crippen MR) is 111 cm³/mol. The first kappa shape index (κ1) is 22.2. The maximum atomic E-state index is 12.3. The Labute approximate surface area is 178 Å². The van der Waals surface area contributed by atoms with E-state index >= 15 is 0 Å². The number of carbonyl (C=O) groups is 2. The number of halogens is 2. The monoisotopic (exact) mass is 431 g/mol. The lowest BCUT2D eigenvalue weighted by Gasteiger charge is -2.17. The molecule has 0 spiro atoms. The van der Waals surface area contributed by atoms with Crippen LogP contribution in [0.15, 0.2) is 53.6 Å². The second-order valence-corrected chi connectivity index (χ2v) is 7.10. The van der Waals surface area contributed by atoms with Gasteiger partial charge in [-0.05, 0) is 48.9 Å². The predicted octanol–water partition coefficient (Wildman–Crippen LogP) is 3.69. The topological polar surface area (TPSA) is 71.4 Å². The van der Waals surface area contributed by atoms with E-state index < -0.39 is 19.2 Å². The van der Waals surface area contributed by atoms with E-state index in [1.54, 1.807) is 43.4 Å². The molecule has 0 bridgehead atoms. The van der Waals surface area contributed by atoms with Gasteiger partial charge in [0.05, 0.1) is 11.3 Å². The van der Waals surface area contributed by atoms with Crippen molar-refractivity contribution in [3.8, 4) is 5.75 Å². The van der Waals surface area contributed by atoms with Crippen LogP contribution in [0, 0.1) is 0 Å². The number of ether oxygens (including phenoxy) is 2. The van der Waals surface area contributed by atoms with E-state index in [1.807, 2.05) is 11.9 Å². The molecule has 1 amide bonds. The minimum atomic E-state index is -2.89. The number of benzene rings is 2. The van der Waals surface area contributed by atoms with Crippen molar-refractivity contribution in [3.63, 3.8) is 0 Å². The van der Waals surface area contributed by atoms with Crippen molar-refractivity contribution in [3.05, 3.63) is 59.7 Å². The molecule has 9 heteroatoms. The molecule has 1 aliphatic heterocycles. The van der Waals surface area contributed by atoms with Gasteiger partial charge in [-0.15, -0.1) is 0 Å². The Morgan fingerprint density at radius 1 is 1.13 bits per heavy atom. The summed E-state index contributed by atoms with van der Waals surface area (Å²) >= 11 is 0. The van der Waals surface area contributed by atoms with Gasteiger partial charge in [-0.2, -0.15) is 13.9 Å². The molecular weight excluding hydrogens is 408 g/mol. The van der Waals surface area contributed by atoms with Gasteiger partial charge in [0.15, 0.2) is 6.61 Å². The Morgan fingerprint density at radius 3 is 2.39 bits per heavy atom. The number of hydrogen-bond donors (Lipinski definition) is 0. The zero-order valence-corrected chi connectivity index (χ0v) is 17.3. The summed E-state index contributed by atoms with van der Waals surface area (Å²) in [6.45, 7) is -0.289. The Hall–Kier alpha value is -3.49. The number of hydrazone groups is 1. The quantitative estimate of drug-likeness (QED) is 0.596. The van der Waals surface area contributed by atoms with Gasteiger partial charge in [0, 0.05) is 32.3 Å². The number of anilines is 1. The van der Waals surface area contributed by atoms with Crippen LogP contribution >= 0.6 is 0 Å². The van der Waals surface area contributed by atoms with Crippen LogP contribution in [0.4, 0.5) is 14.5 Å². The van der Waals surface area contributed by atoms with E-state index in [-0.39, 0.29) is 18.2 Å². The van der Waals surface area contributed by atoms with Crippen molar-refractivity contribution < 1.29 is 27.8 Å². The third-order valence-electron chi connectivity index (χ3n) is 4.70. The highest BCUT2D eigenvalue weighted by Gasteiger charge is 2.16.